The van der Waals surface area contributed by atoms with Gasteiger partial charge in [0.25, 0.3) is 0 Å². The SMILES string of the molecule is Oc1occ2ncc(Nc3ccccc3)nc12. The van der Waals surface area contributed by atoms with E-state index in [4.69, 9.17) is 4.42 Å². The van der Waals surface area contributed by atoms with Gasteiger partial charge in [0.15, 0.2) is 5.52 Å². The van der Waals surface area contributed by atoms with Crippen molar-refractivity contribution < 1.29 is 9.52 Å². The Morgan fingerprint density at radius 2 is 2.00 bits per heavy atom. The van der Waals surface area contributed by atoms with Gasteiger partial charge in [-0.25, -0.2) is 9.97 Å². The van der Waals surface area contributed by atoms with Crippen molar-refractivity contribution >= 4 is 22.5 Å². The Hall–Kier alpha value is -2.56. The van der Waals surface area contributed by atoms with E-state index in [2.05, 4.69) is 15.3 Å². The molecular weight excluding hydrogens is 218 g/mol. The van der Waals surface area contributed by atoms with Gasteiger partial charge in [-0.3, -0.25) is 0 Å². The number of furan rings is 1. The van der Waals surface area contributed by atoms with Crippen LogP contribution >= 0.6 is 0 Å². The lowest BCUT2D eigenvalue weighted by molar-refractivity contribution is 0.337. The Morgan fingerprint density at radius 3 is 2.82 bits per heavy atom. The number of nitrogens with zero attached hydrogens (tertiary/aromatic N) is 2. The van der Waals surface area contributed by atoms with E-state index < -0.39 is 0 Å². The van der Waals surface area contributed by atoms with Crippen molar-refractivity contribution in [3.63, 3.8) is 0 Å². The molecular formula is C12H9N3O2. The van der Waals surface area contributed by atoms with Crippen molar-refractivity contribution in [3.8, 4) is 5.95 Å². The highest BCUT2D eigenvalue weighted by Gasteiger charge is 2.08. The second-order valence-corrected chi connectivity index (χ2v) is 3.52. The number of hydrogen-bond donors (Lipinski definition) is 2. The maximum atomic E-state index is 9.40. The first-order valence-electron chi connectivity index (χ1n) is 5.08. The minimum absolute atomic E-state index is 0.218. The molecule has 0 fully saturated rings. The molecule has 0 unspecified atom stereocenters. The van der Waals surface area contributed by atoms with Gasteiger partial charge in [0.05, 0.1) is 6.20 Å². The zero-order valence-corrected chi connectivity index (χ0v) is 8.79. The standard InChI is InChI=1S/C12H9N3O2/c16-12-11-9(7-17-12)13-6-10(15-11)14-8-4-2-1-3-5-8/h1-7,16H,(H,14,15). The number of nitrogens with one attached hydrogen (secondary N) is 1. The second-order valence-electron chi connectivity index (χ2n) is 3.52. The van der Waals surface area contributed by atoms with Crippen molar-refractivity contribution in [3.05, 3.63) is 42.8 Å². The number of rotatable bonds is 2. The van der Waals surface area contributed by atoms with Crippen LogP contribution in [0.5, 0.6) is 5.95 Å². The minimum Gasteiger partial charge on any atom is -0.479 e. The summed E-state index contributed by atoms with van der Waals surface area (Å²) in [6.45, 7) is 0. The van der Waals surface area contributed by atoms with Gasteiger partial charge in [-0.1, -0.05) is 18.2 Å². The Labute approximate surface area is 96.7 Å². The first kappa shape index (κ1) is 9.65. The zero-order valence-electron chi connectivity index (χ0n) is 8.79. The number of benzene rings is 1. The molecule has 2 aromatic heterocycles. The molecule has 3 aromatic rings. The van der Waals surface area contributed by atoms with E-state index >= 15 is 0 Å². The third kappa shape index (κ3) is 1.78. The molecule has 0 bridgehead atoms. The molecule has 17 heavy (non-hydrogen) atoms. The molecule has 0 spiro atoms. The number of aromatic hydroxyl groups is 1. The van der Waals surface area contributed by atoms with Crippen LogP contribution < -0.4 is 5.32 Å². The Morgan fingerprint density at radius 1 is 1.18 bits per heavy atom. The molecule has 0 saturated carbocycles. The molecule has 1 aromatic carbocycles. The van der Waals surface area contributed by atoms with E-state index in [0.717, 1.165) is 5.69 Å². The summed E-state index contributed by atoms with van der Waals surface area (Å²) >= 11 is 0. The van der Waals surface area contributed by atoms with Crippen LogP contribution in [0.2, 0.25) is 0 Å². The quantitative estimate of drug-likeness (QED) is 0.704. The first-order chi connectivity index (χ1) is 8.33. The maximum absolute atomic E-state index is 9.40. The summed E-state index contributed by atoms with van der Waals surface area (Å²) in [5.74, 6) is 0.338. The van der Waals surface area contributed by atoms with Crippen molar-refractivity contribution in [1.29, 1.82) is 0 Å². The summed E-state index contributed by atoms with van der Waals surface area (Å²) < 4.78 is 4.82. The molecule has 5 nitrogen and oxygen atoms in total. The van der Waals surface area contributed by atoms with Gasteiger partial charge in [-0.05, 0) is 12.1 Å². The van der Waals surface area contributed by atoms with E-state index in [9.17, 15) is 5.11 Å². The minimum atomic E-state index is -0.218. The molecule has 0 aliphatic heterocycles. The Kier molecular flexibility index (Phi) is 2.15. The van der Waals surface area contributed by atoms with Crippen LogP contribution in [-0.4, -0.2) is 15.1 Å². The lowest BCUT2D eigenvalue weighted by Crippen LogP contribution is -1.94. The van der Waals surface area contributed by atoms with Gasteiger partial charge in [0.2, 0.25) is 0 Å². The fraction of sp³-hybridized carbons (Fsp3) is 0. The van der Waals surface area contributed by atoms with Crippen LogP contribution in [-0.2, 0) is 0 Å². The summed E-state index contributed by atoms with van der Waals surface area (Å²) in [5, 5.41) is 12.5. The third-order valence-corrected chi connectivity index (χ3v) is 2.33. The lowest BCUT2D eigenvalue weighted by atomic mass is 10.3. The molecule has 5 heteroatoms. The topological polar surface area (TPSA) is 71.2 Å². The summed E-state index contributed by atoms with van der Waals surface area (Å²) in [6.07, 6.45) is 2.95. The molecule has 0 atom stereocenters. The van der Waals surface area contributed by atoms with Crippen molar-refractivity contribution in [2.24, 2.45) is 0 Å². The fourth-order valence-corrected chi connectivity index (χ4v) is 1.54. The average molecular weight is 227 g/mol. The van der Waals surface area contributed by atoms with Crippen molar-refractivity contribution in [1.82, 2.24) is 9.97 Å². The first-order valence-corrected chi connectivity index (χ1v) is 5.08. The number of para-hydroxylation sites is 1. The average Bonchev–Trinajstić information content (AvgIpc) is 2.73. The van der Waals surface area contributed by atoms with E-state index in [0.29, 0.717) is 16.9 Å². The summed E-state index contributed by atoms with van der Waals surface area (Å²) in [6, 6.07) is 9.61. The van der Waals surface area contributed by atoms with Gasteiger partial charge in [-0.15, -0.1) is 0 Å². The van der Waals surface area contributed by atoms with Crippen LogP contribution in [0.1, 0.15) is 0 Å². The van der Waals surface area contributed by atoms with E-state index in [1.54, 1.807) is 6.20 Å². The van der Waals surface area contributed by atoms with Crippen molar-refractivity contribution in [2.75, 3.05) is 5.32 Å². The molecule has 0 radical (unpaired) electrons. The second kappa shape index (κ2) is 3.79. The summed E-state index contributed by atoms with van der Waals surface area (Å²) in [7, 11) is 0. The van der Waals surface area contributed by atoms with Gasteiger partial charge in [-0.2, -0.15) is 0 Å². The van der Waals surface area contributed by atoms with Crippen LogP contribution in [0.3, 0.4) is 0 Å². The monoisotopic (exact) mass is 227 g/mol. The number of hydrogen-bond acceptors (Lipinski definition) is 5. The predicted octanol–water partition coefficient (Wildman–Crippen LogP) is 2.67. The number of aromatic nitrogens is 2. The van der Waals surface area contributed by atoms with Gasteiger partial charge in [0.1, 0.15) is 17.6 Å². The third-order valence-electron chi connectivity index (χ3n) is 2.33. The Bertz CT molecular complexity index is 649. The zero-order chi connectivity index (χ0) is 11.7. The molecule has 0 amide bonds. The highest BCUT2D eigenvalue weighted by atomic mass is 16.5. The fourth-order valence-electron chi connectivity index (χ4n) is 1.54. The molecule has 0 aliphatic rings. The van der Waals surface area contributed by atoms with E-state index in [1.807, 2.05) is 30.3 Å². The summed E-state index contributed by atoms with van der Waals surface area (Å²) in [4.78, 5) is 8.33. The van der Waals surface area contributed by atoms with E-state index in [-0.39, 0.29) is 5.95 Å². The number of fused-ring (bicyclic) bond motifs is 1. The molecule has 2 heterocycles. The van der Waals surface area contributed by atoms with Gasteiger partial charge >= 0.3 is 5.95 Å². The molecule has 0 saturated heterocycles. The van der Waals surface area contributed by atoms with Crippen LogP contribution in [0.25, 0.3) is 11.0 Å². The molecule has 3 rings (SSSR count). The maximum Gasteiger partial charge on any atom is 0.311 e. The van der Waals surface area contributed by atoms with Crippen LogP contribution in [0.4, 0.5) is 11.5 Å². The van der Waals surface area contributed by atoms with Crippen LogP contribution in [0.15, 0.2) is 47.2 Å². The Balaban J connectivity index is 1.98. The van der Waals surface area contributed by atoms with Gasteiger partial charge in [0, 0.05) is 5.69 Å². The normalized spacial score (nSPS) is 10.6. The number of anilines is 2. The highest BCUT2D eigenvalue weighted by molar-refractivity contribution is 5.79. The largest absolute Gasteiger partial charge is 0.479 e. The molecule has 0 aliphatic carbocycles. The molecule has 2 N–H and O–H groups in total. The smallest absolute Gasteiger partial charge is 0.311 e. The van der Waals surface area contributed by atoms with Gasteiger partial charge < -0.3 is 14.8 Å². The van der Waals surface area contributed by atoms with E-state index in [1.165, 1.54) is 6.26 Å². The van der Waals surface area contributed by atoms with Crippen molar-refractivity contribution in [2.45, 2.75) is 0 Å². The lowest BCUT2D eigenvalue weighted by Gasteiger charge is -2.03. The summed E-state index contributed by atoms with van der Waals surface area (Å²) in [5.41, 5.74) is 1.79. The predicted molar refractivity (Wildman–Crippen MR) is 63.2 cm³/mol. The molecule has 84 valence electrons. The van der Waals surface area contributed by atoms with Crippen LogP contribution in [0, 0.1) is 0 Å². The highest BCUT2D eigenvalue weighted by Crippen LogP contribution is 2.24.